The first kappa shape index (κ1) is 12.4. The van der Waals surface area contributed by atoms with E-state index in [0.29, 0.717) is 6.61 Å². The molecule has 0 radical (unpaired) electrons. The summed E-state index contributed by atoms with van der Waals surface area (Å²) in [7, 11) is 1.64. The summed E-state index contributed by atoms with van der Waals surface area (Å²) in [6.45, 7) is 10.1. The van der Waals surface area contributed by atoms with E-state index in [2.05, 4.69) is 13.2 Å². The first-order valence-electron chi connectivity index (χ1n) is 5.34. The van der Waals surface area contributed by atoms with Gasteiger partial charge in [0.2, 0.25) is 0 Å². The normalized spacial score (nSPS) is 9.62. The van der Waals surface area contributed by atoms with Gasteiger partial charge in [-0.2, -0.15) is 0 Å². The number of rotatable bonds is 6. The lowest BCUT2D eigenvalue weighted by molar-refractivity contribution is 0.308. The molecule has 1 aromatic rings. The third kappa shape index (κ3) is 2.45. The van der Waals surface area contributed by atoms with Crippen molar-refractivity contribution in [2.24, 2.45) is 0 Å². The largest absolute Gasteiger partial charge is 0.493 e. The molecule has 16 heavy (non-hydrogen) atoms. The van der Waals surface area contributed by atoms with Crippen molar-refractivity contribution in [3.05, 3.63) is 42.5 Å². The number of ether oxygens (including phenoxy) is 2. The maximum atomic E-state index is 5.63. The number of hydrogen-bond donors (Lipinski definition) is 0. The van der Waals surface area contributed by atoms with Crippen LogP contribution in [0.25, 0.3) is 6.08 Å². The molecule has 2 heteroatoms. The van der Waals surface area contributed by atoms with Gasteiger partial charge in [0.05, 0.1) is 13.7 Å². The molecule has 0 unspecified atom stereocenters. The fourth-order valence-electron chi connectivity index (χ4n) is 1.63. The Labute approximate surface area is 97.2 Å². The van der Waals surface area contributed by atoms with Gasteiger partial charge in [-0.3, -0.25) is 0 Å². The molecular formula is C14H18O2. The highest BCUT2D eigenvalue weighted by Gasteiger charge is 2.12. The molecule has 0 fully saturated rings. The molecule has 86 valence electrons. The zero-order chi connectivity index (χ0) is 12.0. The van der Waals surface area contributed by atoms with Crippen LogP contribution < -0.4 is 9.47 Å². The number of methoxy groups -OCH3 is 1. The Morgan fingerprint density at radius 3 is 2.56 bits per heavy atom. The van der Waals surface area contributed by atoms with Gasteiger partial charge in [-0.25, -0.2) is 0 Å². The third-order valence-corrected chi connectivity index (χ3v) is 2.34. The third-order valence-electron chi connectivity index (χ3n) is 2.34. The minimum absolute atomic E-state index is 0.612. The maximum Gasteiger partial charge on any atom is 0.165 e. The lowest BCUT2D eigenvalue weighted by Gasteiger charge is -2.15. The summed E-state index contributed by atoms with van der Waals surface area (Å²) < 4.78 is 10.9. The van der Waals surface area contributed by atoms with Crippen molar-refractivity contribution in [2.75, 3.05) is 13.7 Å². The van der Waals surface area contributed by atoms with Crippen LogP contribution in [0.4, 0.5) is 0 Å². The SMILES string of the molecule is C=CCc1c(C=C)ccc(OC)c1OCC. The molecule has 1 aromatic carbocycles. The molecule has 0 saturated heterocycles. The van der Waals surface area contributed by atoms with E-state index in [1.807, 2.05) is 31.2 Å². The second-order valence-electron chi connectivity index (χ2n) is 3.29. The standard InChI is InChI=1S/C14H18O2/c1-5-8-12-11(6-2)9-10-13(15-4)14(12)16-7-3/h5-6,9-10H,1-2,7-8H2,3-4H3. The van der Waals surface area contributed by atoms with E-state index in [1.165, 1.54) is 0 Å². The Hall–Kier alpha value is -1.70. The predicted molar refractivity (Wildman–Crippen MR) is 68.2 cm³/mol. The Bertz CT molecular complexity index is 381. The van der Waals surface area contributed by atoms with Crippen molar-refractivity contribution in [3.63, 3.8) is 0 Å². The quantitative estimate of drug-likeness (QED) is 0.681. The zero-order valence-corrected chi connectivity index (χ0v) is 9.95. The van der Waals surface area contributed by atoms with E-state index in [-0.39, 0.29) is 0 Å². The summed E-state index contributed by atoms with van der Waals surface area (Å²) in [5.74, 6) is 1.55. The molecule has 0 aliphatic rings. The average Bonchev–Trinajstić information content (AvgIpc) is 2.31. The summed E-state index contributed by atoms with van der Waals surface area (Å²) in [5, 5.41) is 0. The molecule has 0 atom stereocenters. The number of allylic oxidation sites excluding steroid dienone is 1. The van der Waals surface area contributed by atoms with Crippen molar-refractivity contribution in [1.82, 2.24) is 0 Å². The summed E-state index contributed by atoms with van der Waals surface area (Å²) in [6, 6.07) is 3.88. The van der Waals surface area contributed by atoms with Gasteiger partial charge in [-0.1, -0.05) is 24.8 Å². The first-order chi connectivity index (χ1) is 7.78. The molecule has 0 heterocycles. The lowest BCUT2D eigenvalue weighted by atomic mass is 10.0. The van der Waals surface area contributed by atoms with E-state index in [0.717, 1.165) is 29.0 Å². The van der Waals surface area contributed by atoms with Crippen LogP contribution in [0.1, 0.15) is 18.1 Å². The summed E-state index contributed by atoms with van der Waals surface area (Å²) >= 11 is 0. The van der Waals surface area contributed by atoms with Gasteiger partial charge >= 0.3 is 0 Å². The monoisotopic (exact) mass is 218 g/mol. The number of benzene rings is 1. The van der Waals surface area contributed by atoms with Crippen LogP contribution in [0, 0.1) is 0 Å². The van der Waals surface area contributed by atoms with Gasteiger partial charge in [0.15, 0.2) is 11.5 Å². The fraction of sp³-hybridized carbons (Fsp3) is 0.286. The van der Waals surface area contributed by atoms with Crippen molar-refractivity contribution in [1.29, 1.82) is 0 Å². The van der Waals surface area contributed by atoms with Crippen molar-refractivity contribution < 1.29 is 9.47 Å². The van der Waals surface area contributed by atoms with Crippen molar-refractivity contribution in [2.45, 2.75) is 13.3 Å². The maximum absolute atomic E-state index is 5.63. The molecule has 0 bridgehead atoms. The van der Waals surface area contributed by atoms with E-state index in [9.17, 15) is 0 Å². The summed E-state index contributed by atoms with van der Waals surface area (Å²) in [4.78, 5) is 0. The predicted octanol–water partition coefficient (Wildman–Crippen LogP) is 3.47. The minimum atomic E-state index is 0.612. The van der Waals surface area contributed by atoms with E-state index < -0.39 is 0 Å². The Morgan fingerprint density at radius 2 is 2.06 bits per heavy atom. The molecule has 0 aromatic heterocycles. The van der Waals surface area contributed by atoms with Gasteiger partial charge in [-0.05, 0) is 25.0 Å². The highest BCUT2D eigenvalue weighted by molar-refractivity contribution is 5.61. The van der Waals surface area contributed by atoms with Crippen molar-refractivity contribution in [3.8, 4) is 11.5 Å². The molecule has 0 aliphatic heterocycles. The van der Waals surface area contributed by atoms with Crippen LogP contribution >= 0.6 is 0 Å². The van der Waals surface area contributed by atoms with E-state index in [4.69, 9.17) is 9.47 Å². The average molecular weight is 218 g/mol. The van der Waals surface area contributed by atoms with Crippen LogP contribution in [0.5, 0.6) is 11.5 Å². The number of hydrogen-bond acceptors (Lipinski definition) is 2. The fourth-order valence-corrected chi connectivity index (χ4v) is 1.63. The Kier molecular flexibility index (Phi) is 4.65. The van der Waals surface area contributed by atoms with Gasteiger partial charge < -0.3 is 9.47 Å². The minimum Gasteiger partial charge on any atom is -0.493 e. The van der Waals surface area contributed by atoms with Crippen LogP contribution in [-0.4, -0.2) is 13.7 Å². The van der Waals surface area contributed by atoms with Gasteiger partial charge in [0.1, 0.15) is 0 Å². The van der Waals surface area contributed by atoms with Crippen molar-refractivity contribution >= 4 is 6.08 Å². The Morgan fingerprint density at radius 1 is 1.31 bits per heavy atom. The Balaban J connectivity index is 3.32. The molecule has 0 spiro atoms. The zero-order valence-electron chi connectivity index (χ0n) is 9.95. The molecule has 0 saturated carbocycles. The molecule has 0 N–H and O–H groups in total. The molecule has 2 nitrogen and oxygen atoms in total. The smallest absolute Gasteiger partial charge is 0.165 e. The first-order valence-corrected chi connectivity index (χ1v) is 5.34. The van der Waals surface area contributed by atoms with Crippen LogP contribution in [0.15, 0.2) is 31.4 Å². The summed E-state index contributed by atoms with van der Waals surface area (Å²) in [5.41, 5.74) is 2.13. The van der Waals surface area contributed by atoms with Gasteiger partial charge in [0, 0.05) is 5.56 Å². The molecular weight excluding hydrogens is 200 g/mol. The molecule has 0 amide bonds. The van der Waals surface area contributed by atoms with Crippen LogP contribution in [-0.2, 0) is 6.42 Å². The second-order valence-corrected chi connectivity index (χ2v) is 3.29. The topological polar surface area (TPSA) is 18.5 Å². The van der Waals surface area contributed by atoms with E-state index >= 15 is 0 Å². The van der Waals surface area contributed by atoms with Gasteiger partial charge in [0.25, 0.3) is 0 Å². The van der Waals surface area contributed by atoms with Crippen LogP contribution in [0.3, 0.4) is 0 Å². The lowest BCUT2D eigenvalue weighted by Crippen LogP contribution is -2.01. The second kappa shape index (κ2) is 6.01. The van der Waals surface area contributed by atoms with E-state index in [1.54, 1.807) is 7.11 Å². The highest BCUT2D eigenvalue weighted by atomic mass is 16.5. The van der Waals surface area contributed by atoms with Crippen LogP contribution in [0.2, 0.25) is 0 Å². The molecule has 1 rings (SSSR count). The van der Waals surface area contributed by atoms with Gasteiger partial charge in [-0.15, -0.1) is 6.58 Å². The molecule has 0 aliphatic carbocycles. The summed E-state index contributed by atoms with van der Waals surface area (Å²) in [6.07, 6.45) is 4.42. The highest BCUT2D eigenvalue weighted by Crippen LogP contribution is 2.34.